The van der Waals surface area contributed by atoms with E-state index in [1.807, 2.05) is 0 Å². The van der Waals surface area contributed by atoms with Gasteiger partial charge >= 0.3 is 12.1 Å². The highest BCUT2D eigenvalue weighted by Crippen LogP contribution is 2.34. The lowest BCUT2D eigenvalue weighted by molar-refractivity contribution is -0.138. The number of alkyl halides is 4. The summed E-state index contributed by atoms with van der Waals surface area (Å²) in [6.45, 7) is 0. The molecule has 0 spiro atoms. The summed E-state index contributed by atoms with van der Waals surface area (Å²) in [6, 6.07) is 2.56. The van der Waals surface area contributed by atoms with Gasteiger partial charge in [-0.15, -0.1) is 11.6 Å². The lowest BCUT2D eigenvalue weighted by Crippen LogP contribution is -2.14. The van der Waals surface area contributed by atoms with Crippen molar-refractivity contribution in [2.24, 2.45) is 10.7 Å². The summed E-state index contributed by atoms with van der Waals surface area (Å²) in [5.41, 5.74) is 3.06. The predicted octanol–water partition coefficient (Wildman–Crippen LogP) is 2.63. The number of nitrogens with two attached hydrogens (primary N) is 1. The third-order valence-corrected chi connectivity index (χ3v) is 2.22. The molecular formula is C10H8ClF3N2O2. The fourth-order valence-corrected chi connectivity index (χ4v) is 1.28. The Labute approximate surface area is 105 Å². The van der Waals surface area contributed by atoms with Crippen molar-refractivity contribution in [1.29, 1.82) is 0 Å². The summed E-state index contributed by atoms with van der Waals surface area (Å²) >= 11 is 5.34. The first-order chi connectivity index (χ1) is 8.25. The van der Waals surface area contributed by atoms with Gasteiger partial charge in [0.2, 0.25) is 0 Å². The first kappa shape index (κ1) is 14.3. The normalized spacial score (nSPS) is 12.6. The van der Waals surface area contributed by atoms with Crippen LogP contribution >= 0.6 is 11.6 Å². The predicted molar refractivity (Wildman–Crippen MR) is 60.4 cm³/mol. The molecule has 1 rings (SSSR count). The summed E-state index contributed by atoms with van der Waals surface area (Å²) in [6.07, 6.45) is -4.78. The van der Waals surface area contributed by atoms with Crippen molar-refractivity contribution < 1.29 is 23.1 Å². The molecule has 0 radical (unpaired) electrons. The Balaban J connectivity index is 3.35. The van der Waals surface area contributed by atoms with Crippen LogP contribution in [0.3, 0.4) is 0 Å². The molecule has 0 aliphatic heterocycles. The lowest BCUT2D eigenvalue weighted by atomic mass is 10.1. The van der Waals surface area contributed by atoms with Crippen LogP contribution in [0.25, 0.3) is 0 Å². The molecule has 0 bridgehead atoms. The van der Waals surface area contributed by atoms with Crippen LogP contribution < -0.4 is 5.73 Å². The third-order valence-electron chi connectivity index (χ3n) is 1.95. The van der Waals surface area contributed by atoms with E-state index in [1.165, 1.54) is 0 Å². The van der Waals surface area contributed by atoms with E-state index in [0.717, 1.165) is 12.1 Å². The topological polar surface area (TPSA) is 75.7 Å². The fraction of sp³-hybridized carbons (Fsp3) is 0.200. The maximum atomic E-state index is 12.6. The number of carboxylic acids is 1. The first-order valence-corrected chi connectivity index (χ1v) is 5.12. The molecule has 4 nitrogen and oxygen atoms in total. The maximum absolute atomic E-state index is 12.6. The van der Waals surface area contributed by atoms with E-state index in [0.29, 0.717) is 6.07 Å². The van der Waals surface area contributed by atoms with E-state index < -0.39 is 23.3 Å². The van der Waals surface area contributed by atoms with Crippen molar-refractivity contribution in [3.05, 3.63) is 29.3 Å². The van der Waals surface area contributed by atoms with Crippen molar-refractivity contribution in [3.8, 4) is 0 Å². The van der Waals surface area contributed by atoms with Gasteiger partial charge in [0.15, 0.2) is 0 Å². The first-order valence-electron chi connectivity index (χ1n) is 4.59. The average Bonchev–Trinajstić information content (AvgIpc) is 2.27. The number of carbonyl (C=O) groups is 1. The molecule has 0 atom stereocenters. The quantitative estimate of drug-likeness (QED) is 0.508. The van der Waals surface area contributed by atoms with Gasteiger partial charge in [0.05, 0.1) is 22.7 Å². The molecule has 98 valence electrons. The fourth-order valence-electron chi connectivity index (χ4n) is 1.22. The Bertz CT molecular complexity index is 500. The molecule has 0 fully saturated rings. The second-order valence-corrected chi connectivity index (χ2v) is 3.54. The van der Waals surface area contributed by atoms with Gasteiger partial charge in [-0.2, -0.15) is 13.2 Å². The molecule has 0 saturated heterocycles. The number of halogens is 4. The van der Waals surface area contributed by atoms with Crippen LogP contribution in [-0.4, -0.2) is 22.8 Å². The molecule has 0 heterocycles. The van der Waals surface area contributed by atoms with E-state index in [-0.39, 0.29) is 17.4 Å². The van der Waals surface area contributed by atoms with Crippen LogP contribution in [0.15, 0.2) is 23.2 Å². The lowest BCUT2D eigenvalue weighted by Gasteiger charge is -2.10. The zero-order valence-electron chi connectivity index (χ0n) is 8.83. The number of carboxylic acid groups (broad SMARTS) is 1. The van der Waals surface area contributed by atoms with Crippen LogP contribution in [0, 0.1) is 0 Å². The van der Waals surface area contributed by atoms with Gasteiger partial charge in [-0.25, -0.2) is 9.79 Å². The van der Waals surface area contributed by atoms with Crippen molar-refractivity contribution in [2.75, 3.05) is 5.88 Å². The minimum absolute atomic E-state index is 0.0622. The van der Waals surface area contributed by atoms with Crippen LogP contribution in [-0.2, 0) is 6.18 Å². The number of hydrogen-bond donors (Lipinski definition) is 2. The highest BCUT2D eigenvalue weighted by atomic mass is 35.5. The summed E-state index contributed by atoms with van der Waals surface area (Å²) in [5, 5.41) is 8.67. The largest absolute Gasteiger partial charge is 0.478 e. The molecule has 0 aromatic heterocycles. The molecule has 0 aliphatic carbocycles. The average molecular weight is 281 g/mol. The van der Waals surface area contributed by atoms with Crippen molar-refractivity contribution in [2.45, 2.75) is 6.18 Å². The van der Waals surface area contributed by atoms with Crippen molar-refractivity contribution in [1.82, 2.24) is 0 Å². The smallest absolute Gasteiger partial charge is 0.417 e. The second kappa shape index (κ2) is 5.26. The number of aromatic carboxylic acids is 1. The minimum Gasteiger partial charge on any atom is -0.478 e. The van der Waals surface area contributed by atoms with Gasteiger partial charge in [-0.3, -0.25) is 0 Å². The van der Waals surface area contributed by atoms with E-state index >= 15 is 0 Å². The Morgan fingerprint density at radius 1 is 1.44 bits per heavy atom. The standard InChI is InChI=1S/C10H8ClF3N2O2/c11-4-8(15)16-5-1-2-6(9(17)18)7(3-5)10(12,13)14/h1-3H,4H2,(H2,15,16)(H,17,18). The van der Waals surface area contributed by atoms with Crippen LogP contribution in [0.5, 0.6) is 0 Å². The van der Waals surface area contributed by atoms with Gasteiger partial charge in [-0.05, 0) is 18.2 Å². The summed E-state index contributed by atoms with van der Waals surface area (Å²) in [7, 11) is 0. The molecule has 8 heteroatoms. The molecule has 0 unspecified atom stereocenters. The molecule has 0 saturated carbocycles. The number of hydrogen-bond acceptors (Lipinski definition) is 2. The zero-order chi connectivity index (χ0) is 13.9. The van der Waals surface area contributed by atoms with E-state index in [1.54, 1.807) is 0 Å². The van der Waals surface area contributed by atoms with Crippen LogP contribution in [0.1, 0.15) is 15.9 Å². The minimum atomic E-state index is -4.78. The number of benzene rings is 1. The van der Waals surface area contributed by atoms with E-state index in [9.17, 15) is 18.0 Å². The third kappa shape index (κ3) is 3.36. The molecule has 18 heavy (non-hydrogen) atoms. The Morgan fingerprint density at radius 3 is 2.50 bits per heavy atom. The van der Waals surface area contributed by atoms with Crippen LogP contribution in [0.4, 0.5) is 18.9 Å². The summed E-state index contributed by atoms with van der Waals surface area (Å²) in [4.78, 5) is 14.3. The number of aliphatic imine (C=N–C) groups is 1. The van der Waals surface area contributed by atoms with Gasteiger partial charge in [-0.1, -0.05) is 0 Å². The Morgan fingerprint density at radius 2 is 2.06 bits per heavy atom. The molecule has 0 aliphatic rings. The number of amidine groups is 1. The van der Waals surface area contributed by atoms with Gasteiger partial charge in [0.1, 0.15) is 5.84 Å². The Hall–Kier alpha value is -1.76. The highest BCUT2D eigenvalue weighted by molar-refractivity contribution is 6.28. The molecule has 1 aromatic rings. The van der Waals surface area contributed by atoms with E-state index in [2.05, 4.69) is 4.99 Å². The van der Waals surface area contributed by atoms with Gasteiger partial charge in [0, 0.05) is 0 Å². The summed E-state index contributed by atoms with van der Waals surface area (Å²) in [5.74, 6) is -1.86. The van der Waals surface area contributed by atoms with Gasteiger partial charge in [0.25, 0.3) is 0 Å². The molecule has 1 aromatic carbocycles. The number of nitrogens with zero attached hydrogens (tertiary/aromatic N) is 1. The molecule has 0 amide bonds. The SMILES string of the molecule is NC(CCl)=Nc1ccc(C(=O)O)c(C(F)(F)F)c1. The molecular weight excluding hydrogens is 273 g/mol. The van der Waals surface area contributed by atoms with Crippen molar-refractivity contribution in [3.63, 3.8) is 0 Å². The zero-order valence-corrected chi connectivity index (χ0v) is 9.59. The summed E-state index contributed by atoms with van der Waals surface area (Å²) < 4.78 is 37.9. The highest BCUT2D eigenvalue weighted by Gasteiger charge is 2.35. The maximum Gasteiger partial charge on any atom is 0.417 e. The number of rotatable bonds is 3. The van der Waals surface area contributed by atoms with E-state index in [4.69, 9.17) is 22.4 Å². The molecule has 3 N–H and O–H groups in total. The second-order valence-electron chi connectivity index (χ2n) is 3.27. The van der Waals surface area contributed by atoms with Crippen molar-refractivity contribution >= 4 is 29.1 Å². The van der Waals surface area contributed by atoms with Crippen LogP contribution in [0.2, 0.25) is 0 Å². The Kier molecular flexibility index (Phi) is 4.18. The van der Waals surface area contributed by atoms with Gasteiger partial charge < -0.3 is 10.8 Å². The monoisotopic (exact) mass is 280 g/mol.